The molecule has 0 aliphatic heterocycles. The second-order valence-corrected chi connectivity index (χ2v) is 8.02. The molecule has 156 valence electrons. The van der Waals surface area contributed by atoms with Crippen molar-refractivity contribution in [3.8, 4) is 0 Å². The highest BCUT2D eigenvalue weighted by Crippen LogP contribution is 2.31. The van der Waals surface area contributed by atoms with Crippen molar-refractivity contribution in [2.75, 3.05) is 18.5 Å². The van der Waals surface area contributed by atoms with E-state index >= 15 is 0 Å². The maximum Gasteiger partial charge on any atom is 0.338 e. The fourth-order valence-electron chi connectivity index (χ4n) is 2.91. The number of esters is 1. The summed E-state index contributed by atoms with van der Waals surface area (Å²) in [6, 6.07) is 20.8. The predicted molar refractivity (Wildman–Crippen MR) is 122 cm³/mol. The van der Waals surface area contributed by atoms with E-state index < -0.39 is 11.6 Å². The Morgan fingerprint density at radius 3 is 2.30 bits per heavy atom. The molecule has 0 bridgehead atoms. The molecule has 3 aromatic rings. The molecule has 0 heterocycles. The predicted octanol–water partition coefficient (Wildman–Crippen LogP) is 6.19. The zero-order valence-electron chi connectivity index (χ0n) is 15.9. The quantitative estimate of drug-likeness (QED) is 0.390. The van der Waals surface area contributed by atoms with E-state index in [2.05, 4.69) is 5.32 Å². The number of benzene rings is 3. The maximum atomic E-state index is 12.2. The Kier molecular flexibility index (Phi) is 7.62. The molecule has 0 fully saturated rings. The molecule has 0 saturated heterocycles. The Hall–Kier alpha value is -2.24. The first-order valence-corrected chi connectivity index (χ1v) is 10.4. The molecule has 0 saturated carbocycles. The Bertz CT molecular complexity index is 996. The van der Waals surface area contributed by atoms with Gasteiger partial charge in [0.2, 0.25) is 0 Å². The zero-order chi connectivity index (χ0) is 21.6. The molecule has 30 heavy (non-hydrogen) atoms. The van der Waals surface area contributed by atoms with Gasteiger partial charge in [-0.05, 0) is 54.1 Å². The highest BCUT2D eigenvalue weighted by atomic mass is 35.5. The lowest BCUT2D eigenvalue weighted by molar-refractivity contribution is 0.00861. The summed E-state index contributed by atoms with van der Waals surface area (Å²) in [6.45, 7) is 0.183. The number of halogens is 3. The van der Waals surface area contributed by atoms with Gasteiger partial charge in [-0.15, -0.1) is 0 Å². The van der Waals surface area contributed by atoms with Gasteiger partial charge >= 0.3 is 5.97 Å². The lowest BCUT2D eigenvalue weighted by Crippen LogP contribution is -2.36. The minimum atomic E-state index is -1.36. The highest BCUT2D eigenvalue weighted by Gasteiger charge is 2.30. The second-order valence-electron chi connectivity index (χ2n) is 6.77. The number of hydrogen-bond acceptors (Lipinski definition) is 4. The van der Waals surface area contributed by atoms with Crippen LogP contribution in [-0.4, -0.2) is 24.2 Å². The Morgan fingerprint density at radius 2 is 1.63 bits per heavy atom. The van der Waals surface area contributed by atoms with E-state index in [1.807, 2.05) is 18.2 Å². The van der Waals surface area contributed by atoms with Crippen LogP contribution in [0.1, 0.15) is 22.3 Å². The molecule has 0 aliphatic carbocycles. The molecular weight excluding hydrogens is 445 g/mol. The van der Waals surface area contributed by atoms with Crippen LogP contribution in [0.5, 0.6) is 0 Å². The molecule has 7 heteroatoms. The van der Waals surface area contributed by atoms with Gasteiger partial charge in [0, 0.05) is 23.7 Å². The molecule has 1 atom stereocenters. The summed E-state index contributed by atoms with van der Waals surface area (Å²) in [7, 11) is 0. The van der Waals surface area contributed by atoms with Crippen molar-refractivity contribution in [3.05, 3.63) is 99.0 Å². The summed E-state index contributed by atoms with van der Waals surface area (Å²) < 4.78 is 5.36. The van der Waals surface area contributed by atoms with Crippen molar-refractivity contribution >= 4 is 46.5 Å². The number of anilines is 1. The van der Waals surface area contributed by atoms with Gasteiger partial charge in [0.25, 0.3) is 0 Å². The first-order valence-electron chi connectivity index (χ1n) is 9.27. The lowest BCUT2D eigenvalue weighted by Gasteiger charge is -2.30. The van der Waals surface area contributed by atoms with Crippen molar-refractivity contribution in [1.82, 2.24) is 0 Å². The summed E-state index contributed by atoms with van der Waals surface area (Å²) in [4.78, 5) is 12.2. The third-order valence-corrected chi connectivity index (χ3v) is 5.64. The Balaban J connectivity index is 1.73. The molecule has 4 nitrogen and oxygen atoms in total. The number of nitrogens with one attached hydrogen (secondary N) is 1. The van der Waals surface area contributed by atoms with Crippen LogP contribution in [0.25, 0.3) is 0 Å². The normalized spacial score (nSPS) is 12.8. The van der Waals surface area contributed by atoms with Crippen LogP contribution in [0.2, 0.25) is 15.1 Å². The summed E-state index contributed by atoms with van der Waals surface area (Å²) in [5.74, 6) is -0.447. The maximum absolute atomic E-state index is 12.2. The van der Waals surface area contributed by atoms with Gasteiger partial charge in [-0.3, -0.25) is 0 Å². The van der Waals surface area contributed by atoms with Gasteiger partial charge in [0.1, 0.15) is 5.60 Å². The van der Waals surface area contributed by atoms with Gasteiger partial charge < -0.3 is 15.2 Å². The Morgan fingerprint density at radius 1 is 0.933 bits per heavy atom. The molecular formula is C23H20Cl3NO3. The minimum absolute atomic E-state index is 0.0206. The fourth-order valence-corrected chi connectivity index (χ4v) is 3.33. The average Bonchev–Trinajstić information content (AvgIpc) is 2.76. The molecule has 1 unspecified atom stereocenters. The van der Waals surface area contributed by atoms with Gasteiger partial charge in [-0.2, -0.15) is 0 Å². The molecule has 0 radical (unpaired) electrons. The Labute approximate surface area is 190 Å². The summed E-state index contributed by atoms with van der Waals surface area (Å²) >= 11 is 18.1. The van der Waals surface area contributed by atoms with Crippen LogP contribution in [-0.2, 0) is 10.3 Å². The van der Waals surface area contributed by atoms with Crippen LogP contribution in [0.3, 0.4) is 0 Å². The molecule has 3 rings (SSSR count). The third-order valence-electron chi connectivity index (χ3n) is 4.64. The summed E-state index contributed by atoms with van der Waals surface area (Å²) in [5.41, 5.74) is 0.452. The monoisotopic (exact) mass is 463 g/mol. The van der Waals surface area contributed by atoms with E-state index in [1.54, 1.807) is 54.6 Å². The largest absolute Gasteiger partial charge is 0.462 e. The van der Waals surface area contributed by atoms with Gasteiger partial charge in [-0.25, -0.2) is 4.79 Å². The highest BCUT2D eigenvalue weighted by molar-refractivity contribution is 6.42. The number of hydrogen-bond donors (Lipinski definition) is 2. The van der Waals surface area contributed by atoms with Crippen molar-refractivity contribution in [2.24, 2.45) is 0 Å². The lowest BCUT2D eigenvalue weighted by atomic mass is 9.90. The number of aliphatic hydroxyl groups is 1. The van der Waals surface area contributed by atoms with E-state index in [-0.39, 0.29) is 19.6 Å². The van der Waals surface area contributed by atoms with E-state index in [1.165, 1.54) is 0 Å². The standard InChI is InChI=1S/C23H20Cl3NO3/c24-18-7-9-19(10-8-18)27-15-23(29,17-6-11-20(25)21(26)14-17)12-13-30-22(28)16-4-2-1-3-5-16/h1-11,14,27,29H,12-13,15H2. The second kappa shape index (κ2) is 10.2. The fraction of sp³-hybridized carbons (Fsp3) is 0.174. The number of rotatable bonds is 8. The molecule has 0 aromatic heterocycles. The number of carbonyl (C=O) groups excluding carboxylic acids is 1. The molecule has 0 spiro atoms. The van der Waals surface area contributed by atoms with Crippen molar-refractivity contribution in [1.29, 1.82) is 0 Å². The number of ether oxygens (including phenoxy) is 1. The van der Waals surface area contributed by atoms with E-state index in [0.29, 0.717) is 26.2 Å². The van der Waals surface area contributed by atoms with Crippen LogP contribution in [0, 0.1) is 0 Å². The molecule has 3 aromatic carbocycles. The van der Waals surface area contributed by atoms with Crippen LogP contribution in [0.4, 0.5) is 5.69 Å². The van der Waals surface area contributed by atoms with Crippen LogP contribution < -0.4 is 5.32 Å². The van der Waals surface area contributed by atoms with E-state index in [0.717, 1.165) is 5.69 Å². The van der Waals surface area contributed by atoms with Gasteiger partial charge in [-0.1, -0.05) is 59.1 Å². The average molecular weight is 465 g/mol. The first kappa shape index (κ1) is 22.4. The zero-order valence-corrected chi connectivity index (χ0v) is 18.2. The summed E-state index contributed by atoms with van der Waals surface area (Å²) in [5, 5.41) is 16.0. The molecule has 0 aliphatic rings. The van der Waals surface area contributed by atoms with Gasteiger partial charge in [0.15, 0.2) is 0 Å². The SMILES string of the molecule is O=C(OCCC(O)(CNc1ccc(Cl)cc1)c1ccc(Cl)c(Cl)c1)c1ccccc1. The van der Waals surface area contributed by atoms with E-state index in [4.69, 9.17) is 39.5 Å². The third kappa shape index (κ3) is 5.89. The van der Waals surface area contributed by atoms with Gasteiger partial charge in [0.05, 0.1) is 22.2 Å². The molecule has 0 amide bonds. The van der Waals surface area contributed by atoms with Crippen molar-refractivity contribution in [3.63, 3.8) is 0 Å². The molecule has 2 N–H and O–H groups in total. The van der Waals surface area contributed by atoms with Crippen LogP contribution in [0.15, 0.2) is 72.8 Å². The smallest absolute Gasteiger partial charge is 0.338 e. The minimum Gasteiger partial charge on any atom is -0.462 e. The number of carbonyl (C=O) groups is 1. The topological polar surface area (TPSA) is 58.6 Å². The van der Waals surface area contributed by atoms with Crippen LogP contribution >= 0.6 is 34.8 Å². The van der Waals surface area contributed by atoms with Crippen molar-refractivity contribution < 1.29 is 14.6 Å². The first-order chi connectivity index (χ1) is 14.4. The summed E-state index contributed by atoms with van der Waals surface area (Å²) in [6.07, 6.45) is 0.157. The van der Waals surface area contributed by atoms with E-state index in [9.17, 15) is 9.90 Å². The van der Waals surface area contributed by atoms with Crippen molar-refractivity contribution in [2.45, 2.75) is 12.0 Å².